The van der Waals surface area contributed by atoms with Crippen LogP contribution >= 0.6 is 23.2 Å². The summed E-state index contributed by atoms with van der Waals surface area (Å²) in [5.41, 5.74) is 0.889. The quantitative estimate of drug-likeness (QED) is 0.776. The SMILES string of the molecule is ClCCn1nnc(-c2ccc(Cl)cc2)n1. The molecule has 1 aromatic heterocycles. The van der Waals surface area contributed by atoms with Crippen LogP contribution in [0.15, 0.2) is 24.3 Å². The highest BCUT2D eigenvalue weighted by Gasteiger charge is 2.04. The maximum Gasteiger partial charge on any atom is 0.204 e. The second-order valence-corrected chi connectivity index (χ2v) is 3.72. The van der Waals surface area contributed by atoms with Crippen LogP contribution in [0, 0.1) is 0 Å². The van der Waals surface area contributed by atoms with Crippen LogP contribution in [0.4, 0.5) is 0 Å². The van der Waals surface area contributed by atoms with Crippen LogP contribution in [-0.2, 0) is 6.54 Å². The van der Waals surface area contributed by atoms with E-state index in [4.69, 9.17) is 23.2 Å². The first kappa shape index (κ1) is 10.4. The summed E-state index contributed by atoms with van der Waals surface area (Å²) in [6.07, 6.45) is 0. The number of hydrogen-bond donors (Lipinski definition) is 0. The van der Waals surface area contributed by atoms with E-state index in [2.05, 4.69) is 15.4 Å². The van der Waals surface area contributed by atoms with Crippen molar-refractivity contribution in [3.63, 3.8) is 0 Å². The van der Waals surface area contributed by atoms with Crippen molar-refractivity contribution in [1.29, 1.82) is 0 Å². The van der Waals surface area contributed by atoms with E-state index in [1.807, 2.05) is 12.1 Å². The highest BCUT2D eigenvalue weighted by molar-refractivity contribution is 6.30. The third-order valence-electron chi connectivity index (χ3n) is 1.84. The van der Waals surface area contributed by atoms with Gasteiger partial charge < -0.3 is 0 Å². The molecule has 2 aromatic rings. The van der Waals surface area contributed by atoms with Crippen LogP contribution in [-0.4, -0.2) is 26.1 Å². The zero-order valence-electron chi connectivity index (χ0n) is 7.77. The molecule has 0 aliphatic carbocycles. The van der Waals surface area contributed by atoms with Crippen molar-refractivity contribution < 1.29 is 0 Å². The van der Waals surface area contributed by atoms with Crippen LogP contribution < -0.4 is 0 Å². The van der Waals surface area contributed by atoms with Gasteiger partial charge in [0.15, 0.2) is 0 Å². The van der Waals surface area contributed by atoms with E-state index in [0.717, 1.165) is 5.56 Å². The van der Waals surface area contributed by atoms with Crippen molar-refractivity contribution in [2.75, 3.05) is 5.88 Å². The van der Waals surface area contributed by atoms with Gasteiger partial charge in [0.2, 0.25) is 5.82 Å². The molecule has 1 aromatic carbocycles. The Bertz CT molecular complexity index is 438. The average molecular weight is 243 g/mol. The molecule has 0 spiro atoms. The molecule has 0 aliphatic heterocycles. The summed E-state index contributed by atoms with van der Waals surface area (Å²) in [5.74, 6) is 1.05. The van der Waals surface area contributed by atoms with Crippen LogP contribution in [0.3, 0.4) is 0 Å². The summed E-state index contributed by atoms with van der Waals surface area (Å²) in [6, 6.07) is 7.28. The Balaban J connectivity index is 2.25. The van der Waals surface area contributed by atoms with E-state index in [9.17, 15) is 0 Å². The average Bonchev–Trinajstić information content (AvgIpc) is 2.68. The lowest BCUT2D eigenvalue weighted by atomic mass is 10.2. The highest BCUT2D eigenvalue weighted by atomic mass is 35.5. The molecule has 0 saturated heterocycles. The molecule has 15 heavy (non-hydrogen) atoms. The fourth-order valence-corrected chi connectivity index (χ4v) is 1.41. The highest BCUT2D eigenvalue weighted by Crippen LogP contribution is 2.16. The van der Waals surface area contributed by atoms with E-state index in [1.165, 1.54) is 4.80 Å². The molecule has 0 radical (unpaired) electrons. The topological polar surface area (TPSA) is 43.6 Å². The fourth-order valence-electron chi connectivity index (χ4n) is 1.13. The molecule has 0 bridgehead atoms. The summed E-state index contributed by atoms with van der Waals surface area (Å²) >= 11 is 11.3. The zero-order valence-corrected chi connectivity index (χ0v) is 9.28. The number of aryl methyl sites for hydroxylation is 1. The Hall–Kier alpha value is -1.13. The standard InChI is InChI=1S/C9H8Cl2N4/c10-5-6-15-13-9(12-14-15)7-1-3-8(11)4-2-7/h1-4H,5-6H2. The fraction of sp³-hybridized carbons (Fsp3) is 0.222. The number of halogens is 2. The van der Waals surface area contributed by atoms with Gasteiger partial charge in [0.25, 0.3) is 0 Å². The van der Waals surface area contributed by atoms with Gasteiger partial charge in [0.05, 0.1) is 6.54 Å². The smallest absolute Gasteiger partial charge is 0.163 e. The lowest BCUT2D eigenvalue weighted by Gasteiger charge is -1.94. The number of nitrogens with zero attached hydrogens (tertiary/aromatic N) is 4. The Morgan fingerprint density at radius 3 is 2.60 bits per heavy atom. The molecule has 0 unspecified atom stereocenters. The van der Waals surface area contributed by atoms with Crippen molar-refractivity contribution >= 4 is 23.2 Å². The van der Waals surface area contributed by atoms with Gasteiger partial charge in [0.1, 0.15) is 0 Å². The number of tetrazole rings is 1. The molecule has 0 fully saturated rings. The number of benzene rings is 1. The summed E-state index contributed by atoms with van der Waals surface area (Å²) in [6.45, 7) is 0.558. The van der Waals surface area contributed by atoms with Crippen LogP contribution in [0.25, 0.3) is 11.4 Å². The number of hydrogen-bond acceptors (Lipinski definition) is 3. The van der Waals surface area contributed by atoms with E-state index in [0.29, 0.717) is 23.3 Å². The third-order valence-corrected chi connectivity index (χ3v) is 2.26. The molecule has 0 saturated carbocycles. The minimum absolute atomic E-state index is 0.469. The van der Waals surface area contributed by atoms with Crippen LogP contribution in [0.2, 0.25) is 5.02 Å². The first-order valence-corrected chi connectivity index (χ1v) is 5.30. The first-order chi connectivity index (χ1) is 7.29. The van der Waals surface area contributed by atoms with Crippen molar-refractivity contribution in [1.82, 2.24) is 20.2 Å². The maximum absolute atomic E-state index is 5.77. The molecule has 2 rings (SSSR count). The molecule has 78 valence electrons. The lowest BCUT2D eigenvalue weighted by molar-refractivity contribution is 0.556. The summed E-state index contributed by atoms with van der Waals surface area (Å²) < 4.78 is 0. The van der Waals surface area contributed by atoms with Gasteiger partial charge in [-0.1, -0.05) is 11.6 Å². The molecule has 0 aliphatic rings. The van der Waals surface area contributed by atoms with E-state index < -0.39 is 0 Å². The molecule has 0 amide bonds. The molecule has 1 heterocycles. The van der Waals surface area contributed by atoms with Crippen molar-refractivity contribution in [2.24, 2.45) is 0 Å². The molecular formula is C9H8Cl2N4. The van der Waals surface area contributed by atoms with Crippen molar-refractivity contribution in [2.45, 2.75) is 6.54 Å². The van der Waals surface area contributed by atoms with Gasteiger partial charge in [0, 0.05) is 16.5 Å². The van der Waals surface area contributed by atoms with E-state index in [-0.39, 0.29) is 0 Å². The van der Waals surface area contributed by atoms with Crippen molar-refractivity contribution in [3.8, 4) is 11.4 Å². The summed E-state index contributed by atoms with van der Waals surface area (Å²) in [4.78, 5) is 1.47. The minimum atomic E-state index is 0.469. The predicted octanol–water partition coefficient (Wildman–Crippen LogP) is 2.23. The lowest BCUT2D eigenvalue weighted by Crippen LogP contribution is -2.03. The normalized spacial score (nSPS) is 10.5. The molecule has 6 heteroatoms. The Morgan fingerprint density at radius 1 is 1.20 bits per heavy atom. The predicted molar refractivity (Wildman–Crippen MR) is 59.0 cm³/mol. The Morgan fingerprint density at radius 2 is 1.93 bits per heavy atom. The largest absolute Gasteiger partial charge is 0.204 e. The summed E-state index contributed by atoms with van der Waals surface area (Å²) in [5, 5.41) is 12.6. The number of rotatable bonds is 3. The molecule has 0 N–H and O–H groups in total. The van der Waals surface area contributed by atoms with Crippen LogP contribution in [0.5, 0.6) is 0 Å². The monoisotopic (exact) mass is 242 g/mol. The Labute approximate surface area is 96.8 Å². The molecule has 0 atom stereocenters. The molecule has 4 nitrogen and oxygen atoms in total. The van der Waals surface area contributed by atoms with Gasteiger partial charge in [-0.3, -0.25) is 0 Å². The minimum Gasteiger partial charge on any atom is -0.163 e. The van der Waals surface area contributed by atoms with Gasteiger partial charge in [-0.05, 0) is 29.5 Å². The van der Waals surface area contributed by atoms with Gasteiger partial charge in [-0.2, -0.15) is 4.80 Å². The Kier molecular flexibility index (Phi) is 3.18. The molecular weight excluding hydrogens is 235 g/mol. The van der Waals surface area contributed by atoms with Crippen molar-refractivity contribution in [3.05, 3.63) is 29.3 Å². The van der Waals surface area contributed by atoms with Crippen LogP contribution in [0.1, 0.15) is 0 Å². The zero-order chi connectivity index (χ0) is 10.7. The van der Waals surface area contributed by atoms with Gasteiger partial charge in [-0.25, -0.2) is 0 Å². The second kappa shape index (κ2) is 4.59. The van der Waals surface area contributed by atoms with Gasteiger partial charge >= 0.3 is 0 Å². The maximum atomic E-state index is 5.77. The summed E-state index contributed by atoms with van der Waals surface area (Å²) in [7, 11) is 0. The van der Waals surface area contributed by atoms with Gasteiger partial charge in [-0.15, -0.1) is 21.8 Å². The number of aromatic nitrogens is 4. The van der Waals surface area contributed by atoms with E-state index >= 15 is 0 Å². The van der Waals surface area contributed by atoms with E-state index in [1.54, 1.807) is 12.1 Å². The third kappa shape index (κ3) is 2.46. The second-order valence-electron chi connectivity index (χ2n) is 2.90. The first-order valence-electron chi connectivity index (χ1n) is 4.39. The number of alkyl halides is 1.